The van der Waals surface area contributed by atoms with Gasteiger partial charge in [0.05, 0.1) is 7.11 Å². The molecule has 2 aromatic carbocycles. The topological polar surface area (TPSA) is 90.7 Å². The average Bonchev–Trinajstić information content (AvgIpc) is 2.61. The first-order valence-electron chi connectivity index (χ1n) is 7.51. The molecule has 0 saturated heterocycles. The Labute approximate surface area is 140 Å². The van der Waals surface area contributed by atoms with E-state index in [1.165, 1.54) is 0 Å². The third-order valence-electron chi connectivity index (χ3n) is 3.40. The summed E-state index contributed by atoms with van der Waals surface area (Å²) in [6.07, 6.45) is 0.725. The van der Waals surface area contributed by atoms with Crippen molar-refractivity contribution in [3.05, 3.63) is 59.7 Å². The number of carbonyl (C=O) groups excluding carboxylic acids is 2. The molecule has 0 atom stereocenters. The van der Waals surface area contributed by atoms with Crippen LogP contribution in [-0.2, 0) is 11.2 Å². The third kappa shape index (κ3) is 5.31. The normalized spacial score (nSPS) is 10.0. The predicted octanol–water partition coefficient (Wildman–Crippen LogP) is 1.53. The molecule has 0 bridgehead atoms. The number of nitrogens with two attached hydrogens (primary N) is 1. The van der Waals surface area contributed by atoms with Crippen LogP contribution in [0.3, 0.4) is 0 Å². The summed E-state index contributed by atoms with van der Waals surface area (Å²) in [5, 5.41) is 2.79. The molecule has 2 amide bonds. The Hall–Kier alpha value is -3.02. The van der Waals surface area contributed by atoms with Gasteiger partial charge in [0.1, 0.15) is 11.5 Å². The summed E-state index contributed by atoms with van der Waals surface area (Å²) in [4.78, 5) is 22.7. The fraction of sp³-hybridized carbons (Fsp3) is 0.222. The number of benzene rings is 2. The molecule has 0 aliphatic rings. The number of hydrogen-bond donors (Lipinski definition) is 2. The minimum absolute atomic E-state index is 0.0848. The summed E-state index contributed by atoms with van der Waals surface area (Å²) >= 11 is 0. The maximum Gasteiger partial charge on any atom is 0.257 e. The van der Waals surface area contributed by atoms with Crippen LogP contribution in [-0.4, -0.2) is 32.1 Å². The van der Waals surface area contributed by atoms with E-state index in [4.69, 9.17) is 15.2 Å². The van der Waals surface area contributed by atoms with Crippen LogP contribution in [0.5, 0.6) is 11.5 Å². The lowest BCUT2D eigenvalue weighted by atomic mass is 10.1. The van der Waals surface area contributed by atoms with E-state index in [9.17, 15) is 9.59 Å². The Balaban J connectivity index is 1.70. The number of amides is 2. The molecule has 126 valence electrons. The van der Waals surface area contributed by atoms with Gasteiger partial charge in [-0.1, -0.05) is 12.1 Å². The van der Waals surface area contributed by atoms with Gasteiger partial charge in [0.25, 0.3) is 5.91 Å². The summed E-state index contributed by atoms with van der Waals surface area (Å²) in [6.45, 7) is 0.438. The molecule has 6 heteroatoms. The SMILES string of the molecule is COc1ccc(CCNC(=O)COc2ccc(C(N)=O)cc2)cc1. The van der Waals surface area contributed by atoms with E-state index in [-0.39, 0.29) is 12.5 Å². The predicted molar refractivity (Wildman–Crippen MR) is 90.2 cm³/mol. The van der Waals surface area contributed by atoms with Crippen molar-refractivity contribution in [2.24, 2.45) is 5.73 Å². The standard InChI is InChI=1S/C18H20N2O4/c1-23-15-6-2-13(3-7-15)10-11-20-17(21)12-24-16-8-4-14(5-9-16)18(19)22/h2-9H,10-12H2,1H3,(H2,19,22)(H,20,21). The fourth-order valence-corrected chi connectivity index (χ4v) is 2.05. The first kappa shape index (κ1) is 17.3. The molecule has 0 aliphatic carbocycles. The largest absolute Gasteiger partial charge is 0.497 e. The van der Waals surface area contributed by atoms with Crippen molar-refractivity contribution in [2.75, 3.05) is 20.3 Å². The van der Waals surface area contributed by atoms with E-state index in [2.05, 4.69) is 5.32 Å². The summed E-state index contributed by atoms with van der Waals surface area (Å²) in [6, 6.07) is 14.0. The van der Waals surface area contributed by atoms with Gasteiger partial charge in [-0.05, 0) is 48.4 Å². The molecular formula is C18H20N2O4. The molecule has 0 aliphatic heterocycles. The van der Waals surface area contributed by atoms with Gasteiger partial charge in [-0.3, -0.25) is 9.59 Å². The van der Waals surface area contributed by atoms with Crippen molar-refractivity contribution in [1.29, 1.82) is 0 Å². The highest BCUT2D eigenvalue weighted by Crippen LogP contribution is 2.12. The van der Waals surface area contributed by atoms with Gasteiger partial charge >= 0.3 is 0 Å². The van der Waals surface area contributed by atoms with E-state index in [1.54, 1.807) is 31.4 Å². The second kappa shape index (κ2) is 8.57. The number of rotatable bonds is 8. The van der Waals surface area contributed by atoms with Gasteiger partial charge in [0, 0.05) is 12.1 Å². The van der Waals surface area contributed by atoms with Crippen molar-refractivity contribution in [1.82, 2.24) is 5.32 Å². The van der Waals surface area contributed by atoms with Crippen LogP contribution in [0.1, 0.15) is 15.9 Å². The van der Waals surface area contributed by atoms with Gasteiger partial charge in [-0.15, -0.1) is 0 Å². The molecule has 0 saturated carbocycles. The lowest BCUT2D eigenvalue weighted by Gasteiger charge is -2.08. The Morgan fingerprint density at radius 2 is 1.62 bits per heavy atom. The van der Waals surface area contributed by atoms with Crippen molar-refractivity contribution in [3.8, 4) is 11.5 Å². The molecule has 2 aromatic rings. The summed E-state index contributed by atoms with van der Waals surface area (Å²) < 4.78 is 10.4. The molecule has 24 heavy (non-hydrogen) atoms. The maximum absolute atomic E-state index is 11.8. The quantitative estimate of drug-likeness (QED) is 0.769. The van der Waals surface area contributed by atoms with Crippen LogP contribution >= 0.6 is 0 Å². The van der Waals surface area contributed by atoms with Gasteiger partial charge in [0.2, 0.25) is 5.91 Å². The zero-order chi connectivity index (χ0) is 17.4. The van der Waals surface area contributed by atoms with Crippen LogP contribution in [0.15, 0.2) is 48.5 Å². The highest BCUT2D eigenvalue weighted by molar-refractivity contribution is 5.92. The Kier molecular flexibility index (Phi) is 6.19. The maximum atomic E-state index is 11.8. The van der Waals surface area contributed by atoms with Gasteiger partial charge in [-0.25, -0.2) is 0 Å². The molecule has 0 aromatic heterocycles. The van der Waals surface area contributed by atoms with Gasteiger partial charge in [-0.2, -0.15) is 0 Å². The zero-order valence-corrected chi connectivity index (χ0v) is 13.5. The number of methoxy groups -OCH3 is 1. The number of nitrogens with one attached hydrogen (secondary N) is 1. The number of hydrogen-bond acceptors (Lipinski definition) is 4. The number of carbonyl (C=O) groups is 2. The molecule has 6 nitrogen and oxygen atoms in total. The van der Waals surface area contributed by atoms with Crippen LogP contribution in [0.25, 0.3) is 0 Å². The van der Waals surface area contributed by atoms with E-state index in [1.807, 2.05) is 24.3 Å². The average molecular weight is 328 g/mol. The van der Waals surface area contributed by atoms with Crippen molar-refractivity contribution >= 4 is 11.8 Å². The van der Waals surface area contributed by atoms with E-state index in [0.29, 0.717) is 17.9 Å². The zero-order valence-electron chi connectivity index (χ0n) is 13.5. The first-order chi connectivity index (χ1) is 11.6. The van der Waals surface area contributed by atoms with Crippen molar-refractivity contribution < 1.29 is 19.1 Å². The summed E-state index contributed by atoms with van der Waals surface area (Å²) in [5.74, 6) is 0.601. The molecule has 2 rings (SSSR count). The monoisotopic (exact) mass is 328 g/mol. The van der Waals surface area contributed by atoms with Crippen LogP contribution in [0, 0.1) is 0 Å². The Bertz CT molecular complexity index is 681. The molecule has 0 unspecified atom stereocenters. The van der Waals surface area contributed by atoms with E-state index >= 15 is 0 Å². The summed E-state index contributed by atoms with van der Waals surface area (Å²) in [5.41, 5.74) is 6.66. The molecule has 0 fully saturated rings. The van der Waals surface area contributed by atoms with Crippen LogP contribution in [0.2, 0.25) is 0 Å². The Morgan fingerprint density at radius 3 is 2.21 bits per heavy atom. The third-order valence-corrected chi connectivity index (χ3v) is 3.40. The minimum atomic E-state index is -0.502. The second-order valence-corrected chi connectivity index (χ2v) is 5.13. The van der Waals surface area contributed by atoms with E-state index in [0.717, 1.165) is 17.7 Å². The lowest BCUT2D eigenvalue weighted by molar-refractivity contribution is -0.123. The van der Waals surface area contributed by atoms with E-state index < -0.39 is 5.91 Å². The molecule has 0 heterocycles. The first-order valence-corrected chi connectivity index (χ1v) is 7.51. The molecule has 0 spiro atoms. The molecule has 0 radical (unpaired) electrons. The number of primary amides is 1. The van der Waals surface area contributed by atoms with Gasteiger partial charge < -0.3 is 20.5 Å². The Morgan fingerprint density at radius 1 is 1.00 bits per heavy atom. The highest BCUT2D eigenvalue weighted by atomic mass is 16.5. The van der Waals surface area contributed by atoms with Crippen LogP contribution < -0.4 is 20.5 Å². The van der Waals surface area contributed by atoms with Crippen molar-refractivity contribution in [2.45, 2.75) is 6.42 Å². The molecule has 3 N–H and O–H groups in total. The van der Waals surface area contributed by atoms with Gasteiger partial charge in [0.15, 0.2) is 6.61 Å². The minimum Gasteiger partial charge on any atom is -0.497 e. The lowest BCUT2D eigenvalue weighted by Crippen LogP contribution is -2.30. The smallest absolute Gasteiger partial charge is 0.257 e. The van der Waals surface area contributed by atoms with Crippen LogP contribution in [0.4, 0.5) is 0 Å². The fourth-order valence-electron chi connectivity index (χ4n) is 2.05. The second-order valence-electron chi connectivity index (χ2n) is 5.13. The summed E-state index contributed by atoms with van der Waals surface area (Å²) in [7, 11) is 1.62. The molecular weight excluding hydrogens is 308 g/mol. The number of ether oxygens (including phenoxy) is 2. The van der Waals surface area contributed by atoms with Crippen molar-refractivity contribution in [3.63, 3.8) is 0 Å². The highest BCUT2D eigenvalue weighted by Gasteiger charge is 2.04.